The van der Waals surface area contributed by atoms with Gasteiger partial charge < -0.3 is 5.73 Å². The molecular weight excluding hydrogens is 290 g/mol. The largest absolute Gasteiger partial charge is 0.384 e. The van der Waals surface area contributed by atoms with Gasteiger partial charge in [-0.25, -0.2) is 0 Å². The Kier molecular flexibility index (Phi) is 4.10. The third-order valence-corrected chi connectivity index (χ3v) is 3.13. The Morgan fingerprint density at radius 3 is 2.48 bits per heavy atom. The molecule has 0 saturated heterocycles. The first kappa shape index (κ1) is 14.5. The molecule has 1 heterocycles. The lowest BCUT2D eigenvalue weighted by Gasteiger charge is -2.08. The van der Waals surface area contributed by atoms with E-state index in [0.29, 0.717) is 28.2 Å². The van der Waals surface area contributed by atoms with E-state index in [0.717, 1.165) is 0 Å². The van der Waals surface area contributed by atoms with Crippen LogP contribution in [0, 0.1) is 5.41 Å². The number of nitrogen functional groups attached to an aromatic ring is 1. The van der Waals surface area contributed by atoms with Gasteiger partial charge in [0.25, 0.3) is 0 Å². The average molecular weight is 303 g/mol. The van der Waals surface area contributed by atoms with Gasteiger partial charge in [0.05, 0.1) is 17.6 Å². The van der Waals surface area contributed by atoms with Gasteiger partial charge in [0.15, 0.2) is 0 Å². The van der Waals surface area contributed by atoms with Crippen molar-refractivity contribution in [1.29, 1.82) is 5.41 Å². The van der Waals surface area contributed by atoms with Gasteiger partial charge in [-0.3, -0.25) is 5.41 Å². The lowest BCUT2D eigenvalue weighted by Crippen LogP contribution is -2.11. The van der Waals surface area contributed by atoms with E-state index in [-0.39, 0.29) is 5.84 Å². The SMILES string of the molecule is N=C(N)c1cccc(-c2ccnnn2)c1N=Nc1ccccc1. The molecule has 0 fully saturated rings. The summed E-state index contributed by atoms with van der Waals surface area (Å²) in [6.45, 7) is 0. The van der Waals surface area contributed by atoms with E-state index in [1.54, 1.807) is 24.4 Å². The molecule has 0 aliphatic carbocycles. The predicted molar refractivity (Wildman–Crippen MR) is 86.9 cm³/mol. The molecule has 3 N–H and O–H groups in total. The van der Waals surface area contributed by atoms with Crippen molar-refractivity contribution in [2.24, 2.45) is 16.0 Å². The third kappa shape index (κ3) is 3.24. The maximum Gasteiger partial charge on any atom is 0.125 e. The monoisotopic (exact) mass is 303 g/mol. The number of nitrogens with one attached hydrogen (secondary N) is 1. The van der Waals surface area contributed by atoms with Gasteiger partial charge in [-0.15, -0.1) is 15.3 Å². The van der Waals surface area contributed by atoms with Crippen molar-refractivity contribution < 1.29 is 0 Å². The lowest BCUT2D eigenvalue weighted by atomic mass is 10.0. The van der Waals surface area contributed by atoms with Gasteiger partial charge in [-0.2, -0.15) is 5.11 Å². The second-order valence-corrected chi connectivity index (χ2v) is 4.66. The number of hydrogen-bond acceptors (Lipinski definition) is 6. The lowest BCUT2D eigenvalue weighted by molar-refractivity contribution is 0.870. The fourth-order valence-corrected chi connectivity index (χ4v) is 2.06. The molecule has 1 aromatic heterocycles. The van der Waals surface area contributed by atoms with Gasteiger partial charge in [0.2, 0.25) is 0 Å². The van der Waals surface area contributed by atoms with Crippen molar-refractivity contribution in [2.45, 2.75) is 0 Å². The van der Waals surface area contributed by atoms with Crippen molar-refractivity contribution in [1.82, 2.24) is 15.4 Å². The highest BCUT2D eigenvalue weighted by Gasteiger charge is 2.13. The summed E-state index contributed by atoms with van der Waals surface area (Å²) in [4.78, 5) is 0. The summed E-state index contributed by atoms with van der Waals surface area (Å²) in [5.74, 6) is -0.0872. The fraction of sp³-hybridized carbons (Fsp3) is 0. The third-order valence-electron chi connectivity index (χ3n) is 3.13. The molecule has 0 radical (unpaired) electrons. The summed E-state index contributed by atoms with van der Waals surface area (Å²) < 4.78 is 0. The first-order valence-electron chi connectivity index (χ1n) is 6.84. The predicted octanol–water partition coefficient (Wildman–Crippen LogP) is 3.24. The van der Waals surface area contributed by atoms with E-state index < -0.39 is 0 Å². The number of azo groups is 1. The van der Waals surface area contributed by atoms with Crippen LogP contribution >= 0.6 is 0 Å². The number of amidine groups is 1. The number of rotatable bonds is 4. The molecule has 0 aliphatic rings. The van der Waals surface area contributed by atoms with Crippen molar-refractivity contribution in [2.75, 3.05) is 0 Å². The molecule has 3 aromatic rings. The van der Waals surface area contributed by atoms with Crippen LogP contribution in [0.4, 0.5) is 11.4 Å². The molecule has 0 saturated carbocycles. The smallest absolute Gasteiger partial charge is 0.125 e. The maximum absolute atomic E-state index is 7.75. The summed E-state index contributed by atoms with van der Waals surface area (Å²) in [6.07, 6.45) is 1.54. The van der Waals surface area contributed by atoms with Crippen molar-refractivity contribution in [3.63, 3.8) is 0 Å². The van der Waals surface area contributed by atoms with Crippen molar-refractivity contribution in [3.05, 3.63) is 66.4 Å². The summed E-state index contributed by atoms with van der Waals surface area (Å²) in [6, 6.07) is 16.4. The normalized spacial score (nSPS) is 10.8. The van der Waals surface area contributed by atoms with Crippen LogP contribution in [0.3, 0.4) is 0 Å². The number of benzene rings is 2. The molecule has 3 rings (SSSR count). The van der Waals surface area contributed by atoms with Gasteiger partial charge in [-0.1, -0.05) is 30.3 Å². The molecule has 0 bridgehead atoms. The maximum atomic E-state index is 7.75. The topological polar surface area (TPSA) is 113 Å². The molecule has 0 spiro atoms. The Morgan fingerprint density at radius 2 is 1.78 bits per heavy atom. The van der Waals surface area contributed by atoms with E-state index in [1.165, 1.54) is 0 Å². The second-order valence-electron chi connectivity index (χ2n) is 4.66. The van der Waals surface area contributed by atoms with Gasteiger partial charge in [0, 0.05) is 11.1 Å². The molecule has 112 valence electrons. The highest BCUT2D eigenvalue weighted by molar-refractivity contribution is 6.02. The van der Waals surface area contributed by atoms with Crippen molar-refractivity contribution in [3.8, 4) is 11.3 Å². The van der Waals surface area contributed by atoms with E-state index in [2.05, 4.69) is 25.6 Å². The van der Waals surface area contributed by atoms with Gasteiger partial charge in [-0.05, 0) is 29.5 Å². The number of nitrogens with two attached hydrogens (primary N) is 1. The summed E-state index contributed by atoms with van der Waals surface area (Å²) in [7, 11) is 0. The average Bonchev–Trinajstić information content (AvgIpc) is 2.61. The molecule has 7 heteroatoms. The Labute approximate surface area is 132 Å². The Balaban J connectivity index is 2.13. The quantitative estimate of drug-likeness (QED) is 0.437. The van der Waals surface area contributed by atoms with Crippen LogP contribution < -0.4 is 5.73 Å². The zero-order valence-electron chi connectivity index (χ0n) is 12.1. The summed E-state index contributed by atoms with van der Waals surface area (Å²) in [5.41, 5.74) is 8.61. The Hall–Kier alpha value is -3.48. The van der Waals surface area contributed by atoms with Crippen LogP contribution in [-0.2, 0) is 0 Å². The summed E-state index contributed by atoms with van der Waals surface area (Å²) >= 11 is 0. The van der Waals surface area contributed by atoms with E-state index in [1.807, 2.05) is 36.4 Å². The number of hydrogen-bond donors (Lipinski definition) is 2. The molecular formula is C16H13N7. The molecule has 0 aliphatic heterocycles. The van der Waals surface area contributed by atoms with Crippen LogP contribution in [0.1, 0.15) is 5.56 Å². The molecule has 2 aromatic carbocycles. The number of aromatic nitrogens is 3. The number of nitrogens with zero attached hydrogens (tertiary/aromatic N) is 5. The first-order valence-corrected chi connectivity index (χ1v) is 6.84. The molecule has 7 nitrogen and oxygen atoms in total. The molecule has 0 atom stereocenters. The van der Waals surface area contributed by atoms with Gasteiger partial charge >= 0.3 is 0 Å². The zero-order valence-corrected chi connectivity index (χ0v) is 12.1. The van der Waals surface area contributed by atoms with Gasteiger partial charge in [0.1, 0.15) is 11.5 Å². The van der Waals surface area contributed by atoms with Crippen LogP contribution in [-0.4, -0.2) is 21.2 Å². The Bertz CT molecular complexity index is 845. The van der Waals surface area contributed by atoms with Crippen molar-refractivity contribution >= 4 is 17.2 Å². The van der Waals surface area contributed by atoms with Crippen LogP contribution in [0.25, 0.3) is 11.3 Å². The minimum Gasteiger partial charge on any atom is -0.384 e. The minimum absolute atomic E-state index is 0.0872. The fourth-order valence-electron chi connectivity index (χ4n) is 2.06. The zero-order chi connectivity index (χ0) is 16.1. The standard InChI is InChI=1S/C16H13N7/c17-16(18)13-8-4-7-12(14-9-10-19-23-21-14)15(13)22-20-11-5-2-1-3-6-11/h1-10H,(H3,17,18). The second kappa shape index (κ2) is 6.52. The summed E-state index contributed by atoms with van der Waals surface area (Å²) in [5, 5.41) is 27.5. The molecule has 0 unspecified atom stereocenters. The highest BCUT2D eigenvalue weighted by Crippen LogP contribution is 2.33. The first-order chi connectivity index (χ1) is 11.3. The van der Waals surface area contributed by atoms with E-state index >= 15 is 0 Å². The molecule has 23 heavy (non-hydrogen) atoms. The van der Waals surface area contributed by atoms with E-state index in [9.17, 15) is 0 Å². The van der Waals surface area contributed by atoms with Crippen LogP contribution in [0.15, 0.2) is 71.0 Å². The highest BCUT2D eigenvalue weighted by atomic mass is 15.3. The molecule has 0 amide bonds. The minimum atomic E-state index is -0.0872. The van der Waals surface area contributed by atoms with E-state index in [4.69, 9.17) is 11.1 Å². The van der Waals surface area contributed by atoms with Crippen LogP contribution in [0.5, 0.6) is 0 Å². The van der Waals surface area contributed by atoms with Crippen LogP contribution in [0.2, 0.25) is 0 Å². The Morgan fingerprint density at radius 1 is 0.957 bits per heavy atom.